The Bertz CT molecular complexity index is 315. The fraction of sp³-hybridized carbons (Fsp3) is 0.571. The van der Waals surface area contributed by atoms with E-state index in [0.717, 1.165) is 12.8 Å². The lowest BCUT2D eigenvalue weighted by Gasteiger charge is -2.28. The molecule has 0 saturated heterocycles. The Morgan fingerprint density at radius 3 is 2.53 bits per heavy atom. The van der Waals surface area contributed by atoms with Gasteiger partial charge < -0.3 is 0 Å². The highest BCUT2D eigenvalue weighted by atomic mass is 35.5. The van der Waals surface area contributed by atoms with Gasteiger partial charge in [0, 0.05) is 5.38 Å². The molecule has 1 atom stereocenters. The van der Waals surface area contributed by atoms with Gasteiger partial charge in [0.05, 0.1) is 0 Å². The van der Waals surface area contributed by atoms with Crippen LogP contribution >= 0.6 is 11.6 Å². The highest BCUT2D eigenvalue weighted by Gasteiger charge is 2.25. The van der Waals surface area contributed by atoms with Crippen LogP contribution in [0.2, 0.25) is 0 Å². The van der Waals surface area contributed by atoms with Gasteiger partial charge in [-0.2, -0.15) is 0 Å². The van der Waals surface area contributed by atoms with Crippen LogP contribution in [-0.2, 0) is 6.42 Å². The van der Waals surface area contributed by atoms with Crippen LogP contribution in [0.4, 0.5) is 0 Å². The first-order valence-corrected chi connectivity index (χ1v) is 6.09. The molecule has 1 aromatic rings. The van der Waals surface area contributed by atoms with Crippen molar-refractivity contribution < 1.29 is 0 Å². The van der Waals surface area contributed by atoms with Crippen molar-refractivity contribution in [2.75, 3.05) is 0 Å². The van der Waals surface area contributed by atoms with Gasteiger partial charge in [0.15, 0.2) is 0 Å². The predicted octanol–water partition coefficient (Wildman–Crippen LogP) is 4.58. The van der Waals surface area contributed by atoms with Gasteiger partial charge in [0.1, 0.15) is 0 Å². The smallest absolute Gasteiger partial charge is 0.0427 e. The molecular formula is C14H21Cl. The van der Waals surface area contributed by atoms with Crippen LogP contribution in [0.25, 0.3) is 0 Å². The van der Waals surface area contributed by atoms with Crippen LogP contribution < -0.4 is 0 Å². The molecule has 0 aliphatic rings. The van der Waals surface area contributed by atoms with Crippen molar-refractivity contribution in [1.82, 2.24) is 0 Å². The Hall–Kier alpha value is -0.490. The first-order valence-electron chi connectivity index (χ1n) is 5.65. The fourth-order valence-corrected chi connectivity index (χ4v) is 1.88. The topological polar surface area (TPSA) is 0 Å². The standard InChI is InChI=1S/C14H21Cl/c1-5-14(3,4)13(15)10-12-8-6-7-11(2)9-12/h6-9,13H,5,10H2,1-4H3. The number of hydrogen-bond acceptors (Lipinski definition) is 0. The molecular weight excluding hydrogens is 204 g/mol. The predicted molar refractivity (Wildman–Crippen MR) is 68.6 cm³/mol. The molecule has 0 radical (unpaired) electrons. The highest BCUT2D eigenvalue weighted by Crippen LogP contribution is 2.31. The molecule has 0 saturated carbocycles. The van der Waals surface area contributed by atoms with Gasteiger partial charge in [-0.1, -0.05) is 50.6 Å². The second kappa shape index (κ2) is 5.03. The minimum absolute atomic E-state index is 0.212. The largest absolute Gasteiger partial charge is 0.122 e. The molecule has 0 aliphatic heterocycles. The van der Waals surface area contributed by atoms with E-state index in [1.54, 1.807) is 0 Å². The Morgan fingerprint density at radius 2 is 2.00 bits per heavy atom. The average Bonchev–Trinajstić information content (AvgIpc) is 2.17. The third-order valence-corrected chi connectivity index (χ3v) is 4.00. The molecule has 0 aromatic heterocycles. The Labute approximate surface area is 98.7 Å². The SMILES string of the molecule is CCC(C)(C)C(Cl)Cc1cccc(C)c1. The maximum absolute atomic E-state index is 6.46. The first kappa shape index (κ1) is 12.6. The van der Waals surface area contributed by atoms with E-state index in [4.69, 9.17) is 11.6 Å². The summed E-state index contributed by atoms with van der Waals surface area (Å²) >= 11 is 6.46. The summed E-state index contributed by atoms with van der Waals surface area (Å²) in [4.78, 5) is 0. The van der Waals surface area contributed by atoms with E-state index in [1.165, 1.54) is 11.1 Å². The summed E-state index contributed by atoms with van der Waals surface area (Å²) in [5.74, 6) is 0. The van der Waals surface area contributed by atoms with E-state index in [0.29, 0.717) is 0 Å². The van der Waals surface area contributed by atoms with E-state index in [2.05, 4.69) is 52.0 Å². The molecule has 0 bridgehead atoms. The van der Waals surface area contributed by atoms with Crippen molar-refractivity contribution in [1.29, 1.82) is 0 Å². The Kier molecular flexibility index (Phi) is 4.21. The van der Waals surface area contributed by atoms with Crippen LogP contribution in [0.15, 0.2) is 24.3 Å². The number of benzene rings is 1. The normalized spacial score (nSPS) is 13.9. The Balaban J connectivity index is 2.70. The zero-order valence-electron chi connectivity index (χ0n) is 10.2. The monoisotopic (exact) mass is 224 g/mol. The zero-order valence-corrected chi connectivity index (χ0v) is 10.9. The number of hydrogen-bond donors (Lipinski definition) is 0. The fourth-order valence-electron chi connectivity index (χ4n) is 1.54. The maximum atomic E-state index is 6.46. The molecule has 0 aliphatic carbocycles. The Morgan fingerprint density at radius 1 is 1.33 bits per heavy atom. The van der Waals surface area contributed by atoms with Gasteiger partial charge in [-0.25, -0.2) is 0 Å². The summed E-state index contributed by atoms with van der Waals surface area (Å²) in [5, 5.41) is 0.212. The molecule has 1 unspecified atom stereocenters. The lowest BCUT2D eigenvalue weighted by Crippen LogP contribution is -2.25. The highest BCUT2D eigenvalue weighted by molar-refractivity contribution is 6.21. The molecule has 1 aromatic carbocycles. The van der Waals surface area contributed by atoms with Crippen molar-refractivity contribution in [2.45, 2.75) is 45.9 Å². The van der Waals surface area contributed by atoms with Crippen molar-refractivity contribution in [2.24, 2.45) is 5.41 Å². The van der Waals surface area contributed by atoms with Crippen LogP contribution in [0.5, 0.6) is 0 Å². The summed E-state index contributed by atoms with van der Waals surface area (Å²) in [6, 6.07) is 8.61. The maximum Gasteiger partial charge on any atom is 0.0427 e. The van der Waals surface area contributed by atoms with E-state index in [-0.39, 0.29) is 10.8 Å². The van der Waals surface area contributed by atoms with E-state index in [9.17, 15) is 0 Å². The molecule has 0 nitrogen and oxygen atoms in total. The van der Waals surface area contributed by atoms with Gasteiger partial charge in [-0.05, 0) is 30.7 Å². The van der Waals surface area contributed by atoms with E-state index >= 15 is 0 Å². The molecule has 1 heteroatoms. The van der Waals surface area contributed by atoms with Crippen molar-refractivity contribution >= 4 is 11.6 Å². The zero-order chi connectivity index (χ0) is 11.5. The minimum atomic E-state index is 0.212. The quantitative estimate of drug-likeness (QED) is 0.657. The van der Waals surface area contributed by atoms with E-state index in [1.807, 2.05) is 0 Å². The number of aryl methyl sites for hydroxylation is 1. The van der Waals surface area contributed by atoms with Gasteiger partial charge in [-0.3, -0.25) is 0 Å². The van der Waals surface area contributed by atoms with Gasteiger partial charge in [0.25, 0.3) is 0 Å². The van der Waals surface area contributed by atoms with Crippen molar-refractivity contribution in [3.05, 3.63) is 35.4 Å². The van der Waals surface area contributed by atoms with Gasteiger partial charge in [0.2, 0.25) is 0 Å². The molecule has 0 heterocycles. The van der Waals surface area contributed by atoms with Crippen LogP contribution in [0.1, 0.15) is 38.3 Å². The lowest BCUT2D eigenvalue weighted by molar-refractivity contribution is 0.330. The third kappa shape index (κ3) is 3.53. The summed E-state index contributed by atoms with van der Waals surface area (Å²) in [7, 11) is 0. The first-order chi connectivity index (χ1) is 6.95. The number of alkyl halides is 1. The van der Waals surface area contributed by atoms with Crippen LogP contribution in [0.3, 0.4) is 0 Å². The second-order valence-electron chi connectivity index (χ2n) is 5.00. The molecule has 0 N–H and O–H groups in total. The van der Waals surface area contributed by atoms with Gasteiger partial charge in [-0.15, -0.1) is 11.6 Å². The number of halogens is 1. The minimum Gasteiger partial charge on any atom is -0.122 e. The van der Waals surface area contributed by atoms with Gasteiger partial charge >= 0.3 is 0 Å². The van der Waals surface area contributed by atoms with Crippen molar-refractivity contribution in [3.63, 3.8) is 0 Å². The lowest BCUT2D eigenvalue weighted by atomic mass is 9.83. The molecule has 15 heavy (non-hydrogen) atoms. The molecule has 84 valence electrons. The van der Waals surface area contributed by atoms with Crippen molar-refractivity contribution in [3.8, 4) is 0 Å². The summed E-state index contributed by atoms with van der Waals surface area (Å²) in [6.45, 7) is 8.80. The van der Waals surface area contributed by atoms with Crippen LogP contribution in [0, 0.1) is 12.3 Å². The molecule has 0 fully saturated rings. The number of rotatable bonds is 4. The molecule has 0 spiro atoms. The van der Waals surface area contributed by atoms with Crippen LogP contribution in [-0.4, -0.2) is 5.38 Å². The molecule has 1 rings (SSSR count). The summed E-state index contributed by atoms with van der Waals surface area (Å²) in [6.07, 6.45) is 2.08. The third-order valence-electron chi connectivity index (χ3n) is 3.26. The van der Waals surface area contributed by atoms with E-state index < -0.39 is 0 Å². The average molecular weight is 225 g/mol. The molecule has 0 amide bonds. The second-order valence-corrected chi connectivity index (χ2v) is 5.53. The summed E-state index contributed by atoms with van der Waals surface area (Å²) in [5.41, 5.74) is 2.87. The summed E-state index contributed by atoms with van der Waals surface area (Å²) < 4.78 is 0.